The van der Waals surface area contributed by atoms with Crippen molar-refractivity contribution in [3.8, 4) is 0 Å². The molecule has 0 aromatic heterocycles. The van der Waals surface area contributed by atoms with Gasteiger partial charge in [0.15, 0.2) is 0 Å². The Morgan fingerprint density at radius 2 is 1.40 bits per heavy atom. The van der Waals surface area contributed by atoms with Gasteiger partial charge < -0.3 is 14.4 Å². The first-order valence-corrected chi connectivity index (χ1v) is 10.5. The van der Waals surface area contributed by atoms with Gasteiger partial charge in [0.1, 0.15) is 5.66 Å². The Bertz CT molecular complexity index is 661. The minimum absolute atomic E-state index is 0.416. The van der Waals surface area contributed by atoms with E-state index in [1.165, 1.54) is 0 Å². The molecule has 1 N–H and O–H groups in total. The maximum atomic E-state index is 13.7. The molecule has 1 unspecified atom stereocenters. The third kappa shape index (κ3) is 5.18. The summed E-state index contributed by atoms with van der Waals surface area (Å²) in [6, 6.07) is 17.8. The van der Waals surface area contributed by atoms with E-state index < -0.39 is 13.3 Å². The minimum atomic E-state index is -3.35. The fraction of sp³-hybridized carbons (Fsp3) is 0.400. The van der Waals surface area contributed by atoms with Crippen molar-refractivity contribution in [3.05, 3.63) is 65.7 Å². The highest BCUT2D eigenvalue weighted by atomic mass is 31.2. The van der Waals surface area contributed by atoms with Gasteiger partial charge in [-0.3, -0.25) is 4.57 Å². The number of nitrogens with one attached hydrogen (secondary N) is 1. The van der Waals surface area contributed by atoms with Crippen molar-refractivity contribution in [3.63, 3.8) is 0 Å². The lowest BCUT2D eigenvalue weighted by molar-refractivity contribution is 0.200. The van der Waals surface area contributed by atoms with E-state index in [2.05, 4.69) is 5.32 Å². The van der Waals surface area contributed by atoms with Crippen LogP contribution in [0.2, 0.25) is 0 Å². The van der Waals surface area contributed by atoms with E-state index in [4.69, 9.17) is 9.05 Å². The van der Waals surface area contributed by atoms with Crippen LogP contribution in [-0.2, 0) is 13.6 Å². The van der Waals surface area contributed by atoms with Crippen LogP contribution in [0.5, 0.6) is 0 Å². The molecule has 0 heterocycles. The Morgan fingerprint density at radius 3 is 1.88 bits per heavy atom. The molecule has 0 amide bonds. The van der Waals surface area contributed by atoms with Crippen molar-refractivity contribution in [2.24, 2.45) is 0 Å². The smallest absolute Gasteiger partial charge is 0.342 e. The van der Waals surface area contributed by atoms with Gasteiger partial charge in [-0.1, -0.05) is 56.3 Å². The number of anilines is 1. The molecular formula is C20H28NO3P. The van der Waals surface area contributed by atoms with E-state index in [-0.39, 0.29) is 0 Å². The topological polar surface area (TPSA) is 47.6 Å². The molecule has 4 nitrogen and oxygen atoms in total. The van der Waals surface area contributed by atoms with Crippen LogP contribution >= 0.6 is 7.60 Å². The second kappa shape index (κ2) is 9.76. The van der Waals surface area contributed by atoms with E-state index in [9.17, 15) is 4.57 Å². The summed E-state index contributed by atoms with van der Waals surface area (Å²) in [6.45, 7) is 4.84. The molecule has 1 atom stereocenters. The van der Waals surface area contributed by atoms with Crippen molar-refractivity contribution in [1.82, 2.24) is 0 Å². The maximum absolute atomic E-state index is 13.7. The molecule has 0 saturated heterocycles. The predicted molar refractivity (Wildman–Crippen MR) is 104 cm³/mol. The molecule has 2 rings (SSSR count). The number of hydrogen-bond acceptors (Lipinski definition) is 4. The van der Waals surface area contributed by atoms with E-state index in [1.807, 2.05) is 75.5 Å². The molecule has 0 aliphatic rings. The lowest BCUT2D eigenvalue weighted by atomic mass is 10.0. The average molecular weight is 361 g/mol. The SMILES string of the molecule is CCCOP(=O)(OCCC)C(c1ccccc1)c1ccc(NC)cc1. The Balaban J connectivity index is 2.48. The van der Waals surface area contributed by atoms with Crippen LogP contribution in [0.1, 0.15) is 43.5 Å². The molecule has 5 heteroatoms. The van der Waals surface area contributed by atoms with Gasteiger partial charge in [-0.15, -0.1) is 0 Å². The van der Waals surface area contributed by atoms with Gasteiger partial charge in [-0.05, 0) is 36.1 Å². The maximum Gasteiger partial charge on any atom is 0.342 e. The lowest BCUT2D eigenvalue weighted by Gasteiger charge is -2.28. The molecular weight excluding hydrogens is 333 g/mol. The van der Waals surface area contributed by atoms with Crippen molar-refractivity contribution >= 4 is 13.3 Å². The zero-order valence-electron chi connectivity index (χ0n) is 15.3. The molecule has 0 aliphatic heterocycles. The fourth-order valence-electron chi connectivity index (χ4n) is 2.65. The molecule has 0 aliphatic carbocycles. The number of hydrogen-bond donors (Lipinski definition) is 1. The Hall–Kier alpha value is -1.61. The quantitative estimate of drug-likeness (QED) is 0.538. The van der Waals surface area contributed by atoms with E-state index in [0.29, 0.717) is 13.2 Å². The first-order valence-electron chi connectivity index (χ1n) is 8.86. The second-order valence-corrected chi connectivity index (χ2v) is 8.00. The standard InChI is InChI=1S/C20H28NO3P/c1-4-15-23-25(22,24-16-5-2)20(17-9-7-6-8-10-17)18-11-13-19(21-3)14-12-18/h6-14,20-21H,4-5,15-16H2,1-3H3. The van der Waals surface area contributed by atoms with Crippen LogP contribution < -0.4 is 5.32 Å². The molecule has 0 saturated carbocycles. The van der Waals surface area contributed by atoms with Gasteiger partial charge in [0, 0.05) is 12.7 Å². The Labute approximate surface area is 151 Å². The normalized spacial score (nSPS) is 12.8. The summed E-state index contributed by atoms with van der Waals surface area (Å²) in [6.07, 6.45) is 1.58. The van der Waals surface area contributed by atoms with Crippen LogP contribution in [0.4, 0.5) is 5.69 Å². The third-order valence-corrected chi connectivity index (χ3v) is 6.21. The average Bonchev–Trinajstić information content (AvgIpc) is 2.66. The van der Waals surface area contributed by atoms with Crippen molar-refractivity contribution in [1.29, 1.82) is 0 Å². The summed E-state index contributed by atoms with van der Waals surface area (Å²) < 4.78 is 25.4. The molecule has 0 fully saturated rings. The van der Waals surface area contributed by atoms with Crippen molar-refractivity contribution < 1.29 is 13.6 Å². The molecule has 0 radical (unpaired) electrons. The summed E-state index contributed by atoms with van der Waals surface area (Å²) in [7, 11) is -1.47. The Morgan fingerprint density at radius 1 is 0.880 bits per heavy atom. The summed E-state index contributed by atoms with van der Waals surface area (Å²) in [5, 5.41) is 3.11. The Kier molecular flexibility index (Phi) is 7.70. The summed E-state index contributed by atoms with van der Waals surface area (Å²) in [5.74, 6) is 0. The van der Waals surface area contributed by atoms with Crippen LogP contribution in [0.3, 0.4) is 0 Å². The predicted octanol–water partition coefficient (Wildman–Crippen LogP) is 5.86. The van der Waals surface area contributed by atoms with E-state index in [0.717, 1.165) is 29.7 Å². The van der Waals surface area contributed by atoms with Crippen LogP contribution in [0.15, 0.2) is 54.6 Å². The zero-order valence-corrected chi connectivity index (χ0v) is 16.2. The monoisotopic (exact) mass is 361 g/mol. The fourth-order valence-corrected chi connectivity index (χ4v) is 4.97. The van der Waals surface area contributed by atoms with E-state index in [1.54, 1.807) is 0 Å². The highest BCUT2D eigenvalue weighted by molar-refractivity contribution is 7.54. The van der Waals surface area contributed by atoms with Gasteiger partial charge in [-0.2, -0.15) is 0 Å². The van der Waals surface area contributed by atoms with Gasteiger partial charge in [0.05, 0.1) is 13.2 Å². The highest BCUT2D eigenvalue weighted by Gasteiger charge is 2.38. The zero-order chi connectivity index (χ0) is 18.1. The molecule has 2 aromatic rings. The molecule has 2 aromatic carbocycles. The third-order valence-electron chi connectivity index (χ3n) is 3.90. The second-order valence-electron chi connectivity index (χ2n) is 5.89. The first-order chi connectivity index (χ1) is 12.1. The highest BCUT2D eigenvalue weighted by Crippen LogP contribution is 2.63. The van der Waals surface area contributed by atoms with Gasteiger partial charge in [0.2, 0.25) is 0 Å². The summed E-state index contributed by atoms with van der Waals surface area (Å²) >= 11 is 0. The van der Waals surface area contributed by atoms with Crippen LogP contribution in [-0.4, -0.2) is 20.3 Å². The van der Waals surface area contributed by atoms with Crippen LogP contribution in [0, 0.1) is 0 Å². The molecule has 0 bridgehead atoms. The van der Waals surface area contributed by atoms with Gasteiger partial charge >= 0.3 is 7.60 Å². The van der Waals surface area contributed by atoms with Gasteiger partial charge in [-0.25, -0.2) is 0 Å². The first kappa shape index (κ1) is 19.7. The lowest BCUT2D eigenvalue weighted by Crippen LogP contribution is -2.09. The molecule has 25 heavy (non-hydrogen) atoms. The summed E-state index contributed by atoms with van der Waals surface area (Å²) in [4.78, 5) is 0. The minimum Gasteiger partial charge on any atom is -0.388 e. The van der Waals surface area contributed by atoms with Crippen LogP contribution in [0.25, 0.3) is 0 Å². The van der Waals surface area contributed by atoms with Gasteiger partial charge in [0.25, 0.3) is 0 Å². The summed E-state index contributed by atoms with van der Waals surface area (Å²) in [5.41, 5.74) is 2.45. The van der Waals surface area contributed by atoms with Crippen molar-refractivity contribution in [2.75, 3.05) is 25.6 Å². The van der Waals surface area contributed by atoms with Crippen molar-refractivity contribution in [2.45, 2.75) is 32.3 Å². The molecule has 136 valence electrons. The largest absolute Gasteiger partial charge is 0.388 e. The number of benzene rings is 2. The molecule has 0 spiro atoms. The van der Waals surface area contributed by atoms with E-state index >= 15 is 0 Å². The number of rotatable bonds is 10.